The first kappa shape index (κ1) is 20.9. The van der Waals surface area contributed by atoms with Gasteiger partial charge >= 0.3 is 0 Å². The third-order valence-corrected chi connectivity index (χ3v) is 4.09. The van der Waals surface area contributed by atoms with Crippen LogP contribution in [0.1, 0.15) is 78.6 Å². The van der Waals surface area contributed by atoms with Crippen LogP contribution in [0.15, 0.2) is 0 Å². The van der Waals surface area contributed by atoms with Crippen molar-refractivity contribution in [3.8, 4) is 0 Å². The molecule has 0 saturated carbocycles. The van der Waals surface area contributed by atoms with Crippen LogP contribution in [0.25, 0.3) is 0 Å². The average molecular weight is 302 g/mol. The Morgan fingerprint density at radius 1 is 0.857 bits per heavy atom. The Morgan fingerprint density at radius 2 is 1.62 bits per heavy atom. The van der Waals surface area contributed by atoms with Gasteiger partial charge in [-0.05, 0) is 18.8 Å². The summed E-state index contributed by atoms with van der Waals surface area (Å²) in [5.74, 6) is 0.801. The van der Waals surface area contributed by atoms with E-state index in [1.54, 1.807) is 0 Å². The summed E-state index contributed by atoms with van der Waals surface area (Å²) in [5, 5.41) is 8.69. The van der Waals surface area contributed by atoms with Gasteiger partial charge in [-0.15, -0.1) is 0 Å². The Balaban J connectivity index is 4.03. The van der Waals surface area contributed by atoms with Crippen molar-refractivity contribution in [2.75, 3.05) is 26.4 Å². The predicted molar refractivity (Wildman–Crippen MR) is 89.7 cm³/mol. The van der Waals surface area contributed by atoms with Gasteiger partial charge in [-0.25, -0.2) is 0 Å². The van der Waals surface area contributed by atoms with Crippen LogP contribution in [-0.2, 0) is 9.47 Å². The first-order chi connectivity index (χ1) is 10.3. The zero-order valence-electron chi connectivity index (χ0n) is 14.6. The van der Waals surface area contributed by atoms with Crippen molar-refractivity contribution in [3.05, 3.63) is 0 Å². The molecular weight excluding hydrogens is 264 g/mol. The Bertz CT molecular complexity index is 197. The third-order valence-electron chi connectivity index (χ3n) is 4.09. The van der Waals surface area contributed by atoms with Crippen LogP contribution < -0.4 is 0 Å². The summed E-state index contributed by atoms with van der Waals surface area (Å²) in [7, 11) is 0. The Labute approximate surface area is 132 Å². The lowest BCUT2D eigenvalue weighted by Gasteiger charge is -2.23. The fourth-order valence-electron chi connectivity index (χ4n) is 2.68. The van der Waals surface area contributed by atoms with Crippen molar-refractivity contribution in [3.63, 3.8) is 0 Å². The van der Waals surface area contributed by atoms with Gasteiger partial charge in [0.25, 0.3) is 0 Å². The molecule has 0 rings (SSSR count). The Kier molecular flexibility index (Phi) is 16.2. The van der Waals surface area contributed by atoms with Crippen molar-refractivity contribution in [1.29, 1.82) is 0 Å². The maximum Gasteiger partial charge on any atom is 0.0704 e. The molecule has 0 spiro atoms. The van der Waals surface area contributed by atoms with Gasteiger partial charge in [0.2, 0.25) is 0 Å². The number of ether oxygens (including phenoxy) is 2. The number of hydrogen-bond acceptors (Lipinski definition) is 3. The normalized spacial score (nSPS) is 14.3. The van der Waals surface area contributed by atoms with Gasteiger partial charge in [-0.2, -0.15) is 0 Å². The molecule has 0 fully saturated rings. The quantitative estimate of drug-likeness (QED) is 0.425. The highest BCUT2D eigenvalue weighted by Crippen LogP contribution is 2.22. The molecule has 2 atom stereocenters. The first-order valence-electron chi connectivity index (χ1n) is 9.08. The molecule has 0 aliphatic carbocycles. The highest BCUT2D eigenvalue weighted by Gasteiger charge is 2.15. The molecule has 3 nitrogen and oxygen atoms in total. The minimum absolute atomic E-state index is 0.0921. The highest BCUT2D eigenvalue weighted by atomic mass is 16.5. The van der Waals surface area contributed by atoms with Crippen molar-refractivity contribution in [2.45, 2.75) is 84.7 Å². The van der Waals surface area contributed by atoms with Gasteiger partial charge in [0.1, 0.15) is 0 Å². The Morgan fingerprint density at radius 3 is 2.24 bits per heavy atom. The van der Waals surface area contributed by atoms with Gasteiger partial charge in [0.05, 0.1) is 32.5 Å². The molecule has 128 valence electrons. The highest BCUT2D eigenvalue weighted by molar-refractivity contribution is 4.66. The molecule has 21 heavy (non-hydrogen) atoms. The Hall–Kier alpha value is -0.120. The van der Waals surface area contributed by atoms with E-state index in [-0.39, 0.29) is 6.61 Å². The SMILES string of the molecule is CCCCCC(CC(CC)CCCC)OCCOCCO. The fourth-order valence-corrected chi connectivity index (χ4v) is 2.68. The molecule has 1 N–H and O–H groups in total. The van der Waals surface area contributed by atoms with Crippen LogP contribution in [0.4, 0.5) is 0 Å². The molecule has 2 unspecified atom stereocenters. The zero-order chi connectivity index (χ0) is 15.8. The summed E-state index contributed by atoms with van der Waals surface area (Å²) in [6, 6.07) is 0. The number of aliphatic hydroxyl groups is 1. The maximum atomic E-state index is 8.69. The minimum atomic E-state index is 0.0921. The monoisotopic (exact) mass is 302 g/mol. The number of aliphatic hydroxyl groups excluding tert-OH is 1. The summed E-state index contributed by atoms with van der Waals surface area (Å²) < 4.78 is 11.3. The smallest absolute Gasteiger partial charge is 0.0704 e. The molecule has 0 bridgehead atoms. The van der Waals surface area contributed by atoms with Gasteiger partial charge in [-0.3, -0.25) is 0 Å². The van der Waals surface area contributed by atoms with E-state index in [9.17, 15) is 0 Å². The summed E-state index contributed by atoms with van der Waals surface area (Å²) in [4.78, 5) is 0. The van der Waals surface area contributed by atoms with Crippen LogP contribution in [0.3, 0.4) is 0 Å². The van der Waals surface area contributed by atoms with Gasteiger partial charge in [-0.1, -0.05) is 65.7 Å². The van der Waals surface area contributed by atoms with Gasteiger partial charge < -0.3 is 14.6 Å². The van der Waals surface area contributed by atoms with Crippen LogP contribution >= 0.6 is 0 Å². The second-order valence-electron chi connectivity index (χ2n) is 5.98. The second kappa shape index (κ2) is 16.3. The van der Waals surface area contributed by atoms with E-state index in [4.69, 9.17) is 14.6 Å². The molecule has 0 heterocycles. The van der Waals surface area contributed by atoms with E-state index >= 15 is 0 Å². The molecule has 0 aromatic heterocycles. The summed E-state index contributed by atoms with van der Waals surface area (Å²) in [5.41, 5.74) is 0. The largest absolute Gasteiger partial charge is 0.394 e. The summed E-state index contributed by atoms with van der Waals surface area (Å²) >= 11 is 0. The summed E-state index contributed by atoms with van der Waals surface area (Å²) in [6.45, 7) is 8.56. The molecular formula is C18H38O3. The summed E-state index contributed by atoms with van der Waals surface area (Å²) in [6.07, 6.45) is 11.8. The van der Waals surface area contributed by atoms with E-state index in [0.717, 1.165) is 5.92 Å². The second-order valence-corrected chi connectivity index (χ2v) is 5.98. The van der Waals surface area contributed by atoms with Crippen LogP contribution in [0, 0.1) is 5.92 Å². The molecule has 0 aliphatic rings. The lowest BCUT2D eigenvalue weighted by atomic mass is 9.91. The topological polar surface area (TPSA) is 38.7 Å². The molecule has 0 aromatic rings. The molecule has 0 amide bonds. The van der Waals surface area contributed by atoms with Gasteiger partial charge in [0.15, 0.2) is 0 Å². The molecule has 3 heteroatoms. The lowest BCUT2D eigenvalue weighted by molar-refractivity contribution is -0.0158. The van der Waals surface area contributed by atoms with E-state index < -0.39 is 0 Å². The van der Waals surface area contributed by atoms with Crippen molar-refractivity contribution in [1.82, 2.24) is 0 Å². The van der Waals surface area contributed by atoms with Gasteiger partial charge in [0, 0.05) is 0 Å². The first-order valence-corrected chi connectivity index (χ1v) is 9.08. The number of unbranched alkanes of at least 4 members (excludes halogenated alkanes) is 3. The van der Waals surface area contributed by atoms with Crippen molar-refractivity contribution < 1.29 is 14.6 Å². The van der Waals surface area contributed by atoms with E-state index in [0.29, 0.717) is 25.9 Å². The maximum absolute atomic E-state index is 8.69. The standard InChI is InChI=1S/C18H38O3/c1-4-7-9-11-18(21-15-14-20-13-12-19)16-17(6-3)10-8-5-2/h17-19H,4-16H2,1-3H3. The molecule has 0 saturated heterocycles. The molecule has 0 radical (unpaired) electrons. The average Bonchev–Trinajstić information content (AvgIpc) is 2.50. The number of rotatable bonds is 16. The lowest BCUT2D eigenvalue weighted by Crippen LogP contribution is -2.20. The number of hydrogen-bond donors (Lipinski definition) is 1. The van der Waals surface area contributed by atoms with Crippen LogP contribution in [0.2, 0.25) is 0 Å². The van der Waals surface area contributed by atoms with E-state index in [1.165, 1.54) is 57.8 Å². The zero-order valence-corrected chi connectivity index (χ0v) is 14.6. The van der Waals surface area contributed by atoms with E-state index in [2.05, 4.69) is 20.8 Å². The van der Waals surface area contributed by atoms with Crippen molar-refractivity contribution >= 4 is 0 Å². The van der Waals surface area contributed by atoms with Crippen molar-refractivity contribution in [2.24, 2.45) is 5.92 Å². The molecule has 0 aromatic carbocycles. The van der Waals surface area contributed by atoms with E-state index in [1.807, 2.05) is 0 Å². The van der Waals surface area contributed by atoms with Crippen LogP contribution in [-0.4, -0.2) is 37.6 Å². The fraction of sp³-hybridized carbons (Fsp3) is 1.00. The van der Waals surface area contributed by atoms with Crippen LogP contribution in [0.5, 0.6) is 0 Å². The third kappa shape index (κ3) is 13.3. The predicted octanol–water partition coefficient (Wildman–Crippen LogP) is 4.57. The minimum Gasteiger partial charge on any atom is -0.394 e. The molecule has 0 aliphatic heterocycles.